The Morgan fingerprint density at radius 1 is 1.45 bits per heavy atom. The minimum atomic E-state index is 0.203. The lowest BCUT2D eigenvalue weighted by atomic mass is 9.92. The Morgan fingerprint density at radius 2 is 2.14 bits per heavy atom. The molecule has 1 fully saturated rings. The number of likely N-dealkylation sites (N-methyl/N-ethyl adjacent to an activating group) is 1. The Balaban J connectivity index is 1.86. The van der Waals surface area contributed by atoms with Gasteiger partial charge in [-0.2, -0.15) is 5.26 Å². The van der Waals surface area contributed by atoms with Gasteiger partial charge in [0.25, 0.3) is 0 Å². The van der Waals surface area contributed by atoms with E-state index in [4.69, 9.17) is 27.3 Å². The normalized spacial score (nSPS) is 21.4. The van der Waals surface area contributed by atoms with Gasteiger partial charge in [0.1, 0.15) is 11.8 Å². The SMILES string of the molecule is C=C(N)CN(C)C1CCC(Oc2ccc(C#N)c(Cl)c2)CC1. The summed E-state index contributed by atoms with van der Waals surface area (Å²) >= 11 is 6.03. The van der Waals surface area contributed by atoms with E-state index in [2.05, 4.69) is 18.5 Å². The molecule has 1 aromatic rings. The largest absolute Gasteiger partial charge is 0.490 e. The quantitative estimate of drug-likeness (QED) is 0.904. The van der Waals surface area contributed by atoms with Gasteiger partial charge in [0, 0.05) is 24.4 Å². The van der Waals surface area contributed by atoms with Crippen molar-refractivity contribution in [1.29, 1.82) is 5.26 Å². The summed E-state index contributed by atoms with van der Waals surface area (Å²) in [5.41, 5.74) is 6.85. The van der Waals surface area contributed by atoms with Crippen molar-refractivity contribution in [3.63, 3.8) is 0 Å². The zero-order chi connectivity index (χ0) is 16.1. The van der Waals surface area contributed by atoms with Gasteiger partial charge in [-0.3, -0.25) is 4.90 Å². The van der Waals surface area contributed by atoms with Gasteiger partial charge in [-0.05, 0) is 44.9 Å². The van der Waals surface area contributed by atoms with E-state index in [1.54, 1.807) is 18.2 Å². The maximum atomic E-state index is 8.88. The molecular weight excluding hydrogens is 298 g/mol. The lowest BCUT2D eigenvalue weighted by molar-refractivity contribution is 0.105. The highest BCUT2D eigenvalue weighted by atomic mass is 35.5. The van der Waals surface area contributed by atoms with Crippen molar-refractivity contribution in [3.8, 4) is 11.8 Å². The average Bonchev–Trinajstić information content (AvgIpc) is 2.47. The average molecular weight is 320 g/mol. The third-order valence-corrected chi connectivity index (χ3v) is 4.40. The molecule has 2 rings (SSSR count). The minimum Gasteiger partial charge on any atom is -0.490 e. The van der Waals surface area contributed by atoms with Crippen molar-refractivity contribution >= 4 is 11.6 Å². The number of rotatable bonds is 5. The molecule has 5 heteroatoms. The summed E-state index contributed by atoms with van der Waals surface area (Å²) in [7, 11) is 2.09. The summed E-state index contributed by atoms with van der Waals surface area (Å²) in [5, 5.41) is 9.32. The fraction of sp³-hybridized carbons (Fsp3) is 0.471. The molecule has 1 aliphatic carbocycles. The fourth-order valence-corrected chi connectivity index (χ4v) is 3.12. The maximum Gasteiger partial charge on any atom is 0.121 e. The van der Waals surface area contributed by atoms with E-state index in [1.165, 1.54) is 0 Å². The van der Waals surface area contributed by atoms with Gasteiger partial charge in [0.05, 0.1) is 16.7 Å². The Bertz CT molecular complexity index is 574. The fourth-order valence-electron chi connectivity index (χ4n) is 2.91. The number of hydrogen-bond acceptors (Lipinski definition) is 4. The summed E-state index contributed by atoms with van der Waals surface area (Å²) in [4.78, 5) is 2.26. The van der Waals surface area contributed by atoms with E-state index in [-0.39, 0.29) is 6.10 Å². The molecule has 0 spiro atoms. The van der Waals surface area contributed by atoms with Crippen LogP contribution in [0, 0.1) is 11.3 Å². The van der Waals surface area contributed by atoms with E-state index in [0.29, 0.717) is 22.3 Å². The number of nitrogens with zero attached hydrogens (tertiary/aromatic N) is 2. The van der Waals surface area contributed by atoms with Gasteiger partial charge in [0.2, 0.25) is 0 Å². The monoisotopic (exact) mass is 319 g/mol. The van der Waals surface area contributed by atoms with E-state index in [9.17, 15) is 0 Å². The molecule has 0 aliphatic heterocycles. The number of benzene rings is 1. The summed E-state index contributed by atoms with van der Waals surface area (Å²) in [6, 6.07) is 7.81. The van der Waals surface area contributed by atoms with Gasteiger partial charge >= 0.3 is 0 Å². The molecule has 0 aromatic heterocycles. The molecule has 118 valence electrons. The molecule has 4 nitrogen and oxygen atoms in total. The van der Waals surface area contributed by atoms with Crippen molar-refractivity contribution < 1.29 is 4.74 Å². The second-order valence-electron chi connectivity index (χ2n) is 5.88. The first-order chi connectivity index (χ1) is 10.5. The zero-order valence-corrected chi connectivity index (χ0v) is 13.6. The molecule has 22 heavy (non-hydrogen) atoms. The highest BCUT2D eigenvalue weighted by Crippen LogP contribution is 2.28. The number of ether oxygens (including phenoxy) is 1. The van der Waals surface area contributed by atoms with Crippen LogP contribution in [0.15, 0.2) is 30.5 Å². The van der Waals surface area contributed by atoms with Crippen LogP contribution < -0.4 is 10.5 Å². The van der Waals surface area contributed by atoms with E-state index in [1.807, 2.05) is 6.07 Å². The van der Waals surface area contributed by atoms with Crippen LogP contribution in [0.5, 0.6) is 5.75 Å². The highest BCUT2D eigenvalue weighted by Gasteiger charge is 2.25. The summed E-state index contributed by atoms with van der Waals surface area (Å²) in [5.74, 6) is 0.733. The van der Waals surface area contributed by atoms with Crippen LogP contribution >= 0.6 is 11.6 Å². The van der Waals surface area contributed by atoms with Gasteiger partial charge in [-0.25, -0.2) is 0 Å². The smallest absolute Gasteiger partial charge is 0.121 e. The zero-order valence-electron chi connectivity index (χ0n) is 12.9. The molecule has 0 bridgehead atoms. The van der Waals surface area contributed by atoms with Crippen LogP contribution in [0.2, 0.25) is 5.02 Å². The molecule has 0 saturated heterocycles. The van der Waals surface area contributed by atoms with Crippen molar-refractivity contribution in [2.75, 3.05) is 13.6 Å². The second-order valence-corrected chi connectivity index (χ2v) is 6.28. The van der Waals surface area contributed by atoms with Gasteiger partial charge in [0.15, 0.2) is 0 Å². The summed E-state index contributed by atoms with van der Waals surface area (Å²) in [6.07, 6.45) is 4.37. The van der Waals surface area contributed by atoms with Crippen LogP contribution in [-0.4, -0.2) is 30.6 Å². The molecule has 0 amide bonds. The Labute approximate surface area is 137 Å². The number of hydrogen-bond donors (Lipinski definition) is 1. The van der Waals surface area contributed by atoms with Gasteiger partial charge in [-0.15, -0.1) is 0 Å². The Hall–Kier alpha value is -1.70. The molecule has 2 N–H and O–H groups in total. The number of nitrogens with two attached hydrogens (primary N) is 1. The highest BCUT2D eigenvalue weighted by molar-refractivity contribution is 6.31. The molecule has 0 radical (unpaired) electrons. The van der Waals surface area contributed by atoms with Crippen LogP contribution in [0.1, 0.15) is 31.2 Å². The topological polar surface area (TPSA) is 62.3 Å². The van der Waals surface area contributed by atoms with E-state index >= 15 is 0 Å². The molecule has 0 atom stereocenters. The van der Waals surface area contributed by atoms with Crippen LogP contribution in [0.4, 0.5) is 0 Å². The molecule has 1 aromatic carbocycles. The minimum absolute atomic E-state index is 0.203. The lowest BCUT2D eigenvalue weighted by Crippen LogP contribution is -2.39. The first-order valence-electron chi connectivity index (χ1n) is 7.49. The third-order valence-electron chi connectivity index (χ3n) is 4.08. The van der Waals surface area contributed by atoms with Crippen LogP contribution in [-0.2, 0) is 0 Å². The summed E-state index contributed by atoms with van der Waals surface area (Å²) in [6.45, 7) is 4.50. The molecule has 0 unspecified atom stereocenters. The number of nitriles is 1. The van der Waals surface area contributed by atoms with Crippen LogP contribution in [0.3, 0.4) is 0 Å². The standard InChI is InChI=1S/C17H22ClN3O/c1-12(20)11-21(2)14-4-7-15(8-5-14)22-16-6-3-13(10-19)17(18)9-16/h3,6,9,14-15H,1,4-5,7-8,11,20H2,2H3. The predicted octanol–water partition coefficient (Wildman–Crippen LogP) is 3.31. The molecule has 0 heterocycles. The first-order valence-corrected chi connectivity index (χ1v) is 7.87. The van der Waals surface area contributed by atoms with Gasteiger partial charge < -0.3 is 10.5 Å². The van der Waals surface area contributed by atoms with Crippen molar-refractivity contribution in [2.45, 2.75) is 37.8 Å². The predicted molar refractivity (Wildman–Crippen MR) is 88.8 cm³/mol. The Kier molecular flexibility index (Phi) is 5.70. The molecular formula is C17H22ClN3O. The molecule has 1 aliphatic rings. The third kappa shape index (κ3) is 4.40. The second kappa shape index (κ2) is 7.53. The lowest BCUT2D eigenvalue weighted by Gasteiger charge is -2.34. The summed E-state index contributed by atoms with van der Waals surface area (Å²) < 4.78 is 5.99. The maximum absolute atomic E-state index is 8.88. The van der Waals surface area contributed by atoms with Crippen molar-refractivity contribution in [1.82, 2.24) is 4.90 Å². The van der Waals surface area contributed by atoms with Crippen molar-refractivity contribution in [3.05, 3.63) is 41.1 Å². The van der Waals surface area contributed by atoms with E-state index in [0.717, 1.165) is 38.0 Å². The van der Waals surface area contributed by atoms with E-state index < -0.39 is 0 Å². The molecule has 1 saturated carbocycles. The number of halogens is 1. The first kappa shape index (κ1) is 16.7. The van der Waals surface area contributed by atoms with Gasteiger partial charge in [-0.1, -0.05) is 18.2 Å². The van der Waals surface area contributed by atoms with Crippen LogP contribution in [0.25, 0.3) is 0 Å². The Morgan fingerprint density at radius 3 is 2.68 bits per heavy atom. The van der Waals surface area contributed by atoms with Crippen molar-refractivity contribution in [2.24, 2.45) is 5.73 Å².